The van der Waals surface area contributed by atoms with Gasteiger partial charge in [0, 0.05) is 14.5 Å². The van der Waals surface area contributed by atoms with E-state index in [-0.39, 0.29) is 12.4 Å². The minimum absolute atomic E-state index is 0.0469. The standard InChI is InChI=1S/C10H8Br2O2/c11-7-1-2-8(12)10-6(7)3-4-14-5-9(10)13/h1-2H,3-5H2. The molecule has 74 valence electrons. The zero-order chi connectivity index (χ0) is 10.1. The first-order valence-corrected chi connectivity index (χ1v) is 5.86. The first-order chi connectivity index (χ1) is 6.70. The summed E-state index contributed by atoms with van der Waals surface area (Å²) in [6.45, 7) is 0.788. The lowest BCUT2D eigenvalue weighted by Gasteiger charge is -2.07. The number of rotatable bonds is 0. The number of ketones is 1. The highest BCUT2D eigenvalue weighted by Gasteiger charge is 2.20. The van der Waals surface area contributed by atoms with Crippen molar-refractivity contribution in [2.45, 2.75) is 6.42 Å². The van der Waals surface area contributed by atoms with Gasteiger partial charge in [0.05, 0.1) is 6.61 Å². The second-order valence-electron chi connectivity index (χ2n) is 3.11. The lowest BCUT2D eigenvalue weighted by molar-refractivity contribution is 0.0788. The van der Waals surface area contributed by atoms with Crippen LogP contribution >= 0.6 is 31.9 Å². The molecule has 0 radical (unpaired) electrons. The maximum absolute atomic E-state index is 11.7. The van der Waals surface area contributed by atoms with E-state index in [9.17, 15) is 4.79 Å². The molecule has 1 aromatic rings. The van der Waals surface area contributed by atoms with Gasteiger partial charge in [0.1, 0.15) is 6.61 Å². The molecular formula is C10H8Br2O2. The topological polar surface area (TPSA) is 26.3 Å². The second kappa shape index (κ2) is 4.13. The van der Waals surface area contributed by atoms with Gasteiger partial charge in [0.25, 0.3) is 0 Å². The number of carbonyl (C=O) groups excluding carboxylic acids is 1. The van der Waals surface area contributed by atoms with Gasteiger partial charge < -0.3 is 4.74 Å². The molecule has 0 amide bonds. The summed E-state index contributed by atoms with van der Waals surface area (Å²) in [5.74, 6) is 0.0469. The number of benzene rings is 1. The largest absolute Gasteiger partial charge is 0.373 e. The highest BCUT2D eigenvalue weighted by Crippen LogP contribution is 2.29. The van der Waals surface area contributed by atoms with Gasteiger partial charge in [-0.3, -0.25) is 4.79 Å². The molecule has 0 fully saturated rings. The average Bonchev–Trinajstić information content (AvgIpc) is 2.35. The van der Waals surface area contributed by atoms with E-state index in [0.29, 0.717) is 6.61 Å². The van der Waals surface area contributed by atoms with E-state index in [2.05, 4.69) is 31.9 Å². The van der Waals surface area contributed by atoms with Crippen molar-refractivity contribution in [2.24, 2.45) is 0 Å². The van der Waals surface area contributed by atoms with Gasteiger partial charge in [0.2, 0.25) is 0 Å². The molecule has 0 saturated carbocycles. The molecule has 1 aliphatic heterocycles. The first kappa shape index (κ1) is 10.3. The molecule has 14 heavy (non-hydrogen) atoms. The molecule has 2 rings (SSSR count). The number of hydrogen-bond donors (Lipinski definition) is 0. The van der Waals surface area contributed by atoms with E-state index in [1.807, 2.05) is 12.1 Å². The Balaban J connectivity index is 2.62. The Labute approximate surface area is 98.9 Å². The van der Waals surface area contributed by atoms with Gasteiger partial charge in [-0.1, -0.05) is 31.9 Å². The molecule has 1 heterocycles. The first-order valence-electron chi connectivity index (χ1n) is 4.28. The monoisotopic (exact) mass is 318 g/mol. The van der Waals surface area contributed by atoms with Crippen molar-refractivity contribution < 1.29 is 9.53 Å². The summed E-state index contributed by atoms with van der Waals surface area (Å²) in [6, 6.07) is 3.83. The number of carbonyl (C=O) groups is 1. The van der Waals surface area contributed by atoms with Crippen molar-refractivity contribution in [1.82, 2.24) is 0 Å². The quantitative estimate of drug-likeness (QED) is 0.735. The molecule has 0 bridgehead atoms. The predicted molar refractivity (Wildman–Crippen MR) is 60.7 cm³/mol. The molecular weight excluding hydrogens is 312 g/mol. The molecule has 1 aliphatic rings. The fourth-order valence-electron chi connectivity index (χ4n) is 1.55. The number of Topliss-reactive ketones (excluding diaryl/α,β-unsaturated/α-hetero) is 1. The summed E-state index contributed by atoms with van der Waals surface area (Å²) in [5.41, 5.74) is 1.80. The highest BCUT2D eigenvalue weighted by atomic mass is 79.9. The Kier molecular flexibility index (Phi) is 3.04. The van der Waals surface area contributed by atoms with Crippen molar-refractivity contribution in [3.63, 3.8) is 0 Å². The molecule has 0 N–H and O–H groups in total. The SMILES string of the molecule is O=C1COCCc2c(Br)ccc(Br)c21. The maximum Gasteiger partial charge on any atom is 0.189 e. The molecule has 0 saturated heterocycles. The third-order valence-electron chi connectivity index (χ3n) is 2.21. The zero-order valence-corrected chi connectivity index (χ0v) is 10.5. The van der Waals surface area contributed by atoms with Crippen LogP contribution in [0.15, 0.2) is 21.1 Å². The molecule has 0 aromatic heterocycles. The van der Waals surface area contributed by atoms with Crippen LogP contribution in [0.2, 0.25) is 0 Å². The molecule has 2 nitrogen and oxygen atoms in total. The van der Waals surface area contributed by atoms with Crippen molar-refractivity contribution in [2.75, 3.05) is 13.2 Å². The lowest BCUT2D eigenvalue weighted by atomic mass is 10.0. The van der Waals surface area contributed by atoms with Crippen molar-refractivity contribution >= 4 is 37.6 Å². The van der Waals surface area contributed by atoms with E-state index in [1.165, 1.54) is 0 Å². The minimum atomic E-state index is 0.0469. The van der Waals surface area contributed by atoms with Crippen LogP contribution in [0.3, 0.4) is 0 Å². The van der Waals surface area contributed by atoms with Crippen LogP contribution in [-0.2, 0) is 11.2 Å². The molecule has 0 spiro atoms. The zero-order valence-electron chi connectivity index (χ0n) is 7.35. The van der Waals surface area contributed by atoms with Gasteiger partial charge >= 0.3 is 0 Å². The minimum Gasteiger partial charge on any atom is -0.373 e. The molecule has 1 aromatic carbocycles. The molecule has 0 unspecified atom stereocenters. The summed E-state index contributed by atoms with van der Waals surface area (Å²) in [4.78, 5) is 11.7. The van der Waals surface area contributed by atoms with E-state index in [0.717, 1.165) is 26.5 Å². The van der Waals surface area contributed by atoms with Crippen molar-refractivity contribution in [1.29, 1.82) is 0 Å². The van der Waals surface area contributed by atoms with Crippen molar-refractivity contribution in [3.05, 3.63) is 32.2 Å². The Morgan fingerprint density at radius 1 is 1.21 bits per heavy atom. The Morgan fingerprint density at radius 2 is 1.93 bits per heavy atom. The number of ether oxygens (including phenoxy) is 1. The van der Waals surface area contributed by atoms with Crippen LogP contribution in [0, 0.1) is 0 Å². The van der Waals surface area contributed by atoms with Gasteiger partial charge in [-0.25, -0.2) is 0 Å². The second-order valence-corrected chi connectivity index (χ2v) is 4.82. The normalized spacial score (nSPS) is 16.3. The van der Waals surface area contributed by atoms with E-state index in [4.69, 9.17) is 4.74 Å². The van der Waals surface area contributed by atoms with E-state index >= 15 is 0 Å². The Hall–Kier alpha value is -0.190. The van der Waals surface area contributed by atoms with Gasteiger partial charge in [-0.05, 0) is 24.1 Å². The Morgan fingerprint density at radius 3 is 2.71 bits per heavy atom. The molecule has 4 heteroatoms. The summed E-state index contributed by atoms with van der Waals surface area (Å²) in [5, 5.41) is 0. The van der Waals surface area contributed by atoms with Gasteiger partial charge in [0.15, 0.2) is 5.78 Å². The van der Waals surface area contributed by atoms with Crippen LogP contribution in [0.1, 0.15) is 15.9 Å². The fraction of sp³-hybridized carbons (Fsp3) is 0.300. The van der Waals surface area contributed by atoms with Crippen LogP contribution < -0.4 is 0 Å². The van der Waals surface area contributed by atoms with Crippen LogP contribution in [-0.4, -0.2) is 19.0 Å². The summed E-state index contributed by atoms with van der Waals surface area (Å²) in [6.07, 6.45) is 0.779. The maximum atomic E-state index is 11.7. The number of fused-ring (bicyclic) bond motifs is 1. The van der Waals surface area contributed by atoms with Crippen LogP contribution in [0.4, 0.5) is 0 Å². The molecule has 0 aliphatic carbocycles. The smallest absolute Gasteiger partial charge is 0.189 e. The fourth-order valence-corrected chi connectivity index (χ4v) is 2.67. The molecule has 0 atom stereocenters. The summed E-state index contributed by atoms with van der Waals surface area (Å²) >= 11 is 6.84. The third-order valence-corrected chi connectivity index (χ3v) is 3.62. The highest BCUT2D eigenvalue weighted by molar-refractivity contribution is 9.11. The van der Waals surface area contributed by atoms with Crippen LogP contribution in [0.25, 0.3) is 0 Å². The lowest BCUT2D eigenvalue weighted by Crippen LogP contribution is -2.07. The average molecular weight is 320 g/mol. The summed E-state index contributed by atoms with van der Waals surface area (Å²) in [7, 11) is 0. The predicted octanol–water partition coefficient (Wildman–Crippen LogP) is 2.97. The van der Waals surface area contributed by atoms with Crippen LogP contribution in [0.5, 0.6) is 0 Å². The number of halogens is 2. The van der Waals surface area contributed by atoms with Gasteiger partial charge in [-0.2, -0.15) is 0 Å². The van der Waals surface area contributed by atoms with E-state index in [1.54, 1.807) is 0 Å². The third kappa shape index (κ3) is 1.78. The van der Waals surface area contributed by atoms with Crippen molar-refractivity contribution in [3.8, 4) is 0 Å². The summed E-state index contributed by atoms with van der Waals surface area (Å²) < 4.78 is 7.04. The van der Waals surface area contributed by atoms with E-state index < -0.39 is 0 Å². The number of hydrogen-bond acceptors (Lipinski definition) is 2. The van der Waals surface area contributed by atoms with Gasteiger partial charge in [-0.15, -0.1) is 0 Å². The Bertz CT molecular complexity index is 388.